The van der Waals surface area contributed by atoms with E-state index in [4.69, 9.17) is 5.73 Å². The topological polar surface area (TPSA) is 56.0 Å². The average Bonchev–Trinajstić information content (AvgIpc) is 2.33. The Morgan fingerprint density at radius 2 is 1.88 bits per heavy atom. The van der Waals surface area contributed by atoms with Crippen molar-refractivity contribution in [2.24, 2.45) is 0 Å². The lowest BCUT2D eigenvalue weighted by molar-refractivity contribution is 0.112. The Hall–Kier alpha value is -2.30. The van der Waals surface area contributed by atoms with Crippen molar-refractivity contribution in [2.45, 2.75) is 0 Å². The van der Waals surface area contributed by atoms with Gasteiger partial charge in [0.05, 0.1) is 0 Å². The fraction of sp³-hybridized carbons (Fsp3) is 0. The van der Waals surface area contributed by atoms with Crippen LogP contribution in [0.25, 0.3) is 11.1 Å². The molecule has 0 bridgehead atoms. The second kappa shape index (κ2) is 4.29. The SMILES string of the molecule is Nc1ccc(-c2cccc(F)c2F)c(C=O)n1. The number of nitrogens with zero attached hydrogens (tertiary/aromatic N) is 1. The van der Waals surface area contributed by atoms with Crippen molar-refractivity contribution < 1.29 is 13.6 Å². The molecule has 17 heavy (non-hydrogen) atoms. The van der Waals surface area contributed by atoms with E-state index in [0.29, 0.717) is 6.29 Å². The van der Waals surface area contributed by atoms with Crippen molar-refractivity contribution in [3.63, 3.8) is 0 Å². The highest BCUT2D eigenvalue weighted by Gasteiger charge is 2.13. The number of hydrogen-bond donors (Lipinski definition) is 1. The first-order valence-corrected chi connectivity index (χ1v) is 4.79. The van der Waals surface area contributed by atoms with E-state index in [2.05, 4.69) is 4.98 Å². The number of nitrogen functional groups attached to an aromatic ring is 1. The normalized spacial score (nSPS) is 10.2. The van der Waals surface area contributed by atoms with Gasteiger partial charge in [-0.1, -0.05) is 12.1 Å². The highest BCUT2D eigenvalue weighted by molar-refractivity contribution is 5.86. The molecular weight excluding hydrogens is 226 g/mol. The number of hydrogen-bond acceptors (Lipinski definition) is 3. The summed E-state index contributed by atoms with van der Waals surface area (Å²) in [6.07, 6.45) is 0.454. The van der Waals surface area contributed by atoms with Gasteiger partial charge in [-0.25, -0.2) is 13.8 Å². The number of benzene rings is 1. The summed E-state index contributed by atoms with van der Waals surface area (Å²) in [5.74, 6) is -1.84. The Morgan fingerprint density at radius 1 is 1.12 bits per heavy atom. The molecule has 0 aliphatic rings. The number of nitrogens with two attached hydrogens (primary N) is 1. The second-order valence-corrected chi connectivity index (χ2v) is 3.39. The molecule has 0 amide bonds. The van der Waals surface area contributed by atoms with Crippen LogP contribution in [-0.4, -0.2) is 11.3 Å². The Bertz CT molecular complexity index is 585. The lowest BCUT2D eigenvalue weighted by Gasteiger charge is -2.06. The molecule has 0 aliphatic carbocycles. The van der Waals surface area contributed by atoms with Gasteiger partial charge in [0.1, 0.15) is 11.5 Å². The number of aromatic nitrogens is 1. The van der Waals surface area contributed by atoms with Crippen LogP contribution in [0.15, 0.2) is 30.3 Å². The van der Waals surface area contributed by atoms with Gasteiger partial charge in [-0.3, -0.25) is 4.79 Å². The van der Waals surface area contributed by atoms with E-state index in [1.165, 1.54) is 24.3 Å². The summed E-state index contributed by atoms with van der Waals surface area (Å²) in [4.78, 5) is 14.6. The number of halogens is 2. The van der Waals surface area contributed by atoms with E-state index < -0.39 is 11.6 Å². The maximum Gasteiger partial charge on any atom is 0.169 e. The maximum absolute atomic E-state index is 13.6. The van der Waals surface area contributed by atoms with Crippen LogP contribution in [0.5, 0.6) is 0 Å². The minimum Gasteiger partial charge on any atom is -0.384 e. The minimum absolute atomic E-state index is 0.0143. The number of rotatable bonds is 2. The van der Waals surface area contributed by atoms with Crippen molar-refractivity contribution in [1.82, 2.24) is 4.98 Å². The molecule has 86 valence electrons. The van der Waals surface area contributed by atoms with Gasteiger partial charge in [-0.15, -0.1) is 0 Å². The maximum atomic E-state index is 13.6. The van der Waals surface area contributed by atoms with Crippen molar-refractivity contribution in [3.8, 4) is 11.1 Å². The molecule has 0 radical (unpaired) electrons. The van der Waals surface area contributed by atoms with E-state index in [9.17, 15) is 13.6 Å². The summed E-state index contributed by atoms with van der Waals surface area (Å²) in [5, 5.41) is 0. The molecule has 2 rings (SSSR count). The summed E-state index contributed by atoms with van der Waals surface area (Å²) in [6.45, 7) is 0. The third-order valence-electron chi connectivity index (χ3n) is 2.30. The molecule has 0 spiro atoms. The quantitative estimate of drug-likeness (QED) is 0.812. The molecule has 1 heterocycles. The third kappa shape index (κ3) is 1.99. The molecule has 5 heteroatoms. The van der Waals surface area contributed by atoms with Crippen LogP contribution >= 0.6 is 0 Å². The minimum atomic E-state index is -1.01. The first kappa shape index (κ1) is 11.2. The molecule has 0 saturated carbocycles. The van der Waals surface area contributed by atoms with Gasteiger partial charge in [-0.2, -0.15) is 0 Å². The van der Waals surface area contributed by atoms with Crippen molar-refractivity contribution in [2.75, 3.05) is 5.73 Å². The van der Waals surface area contributed by atoms with Gasteiger partial charge in [0, 0.05) is 11.1 Å². The number of carbonyl (C=O) groups is 1. The number of aldehydes is 1. The van der Waals surface area contributed by atoms with Gasteiger partial charge >= 0.3 is 0 Å². The molecule has 0 saturated heterocycles. The first-order chi connectivity index (χ1) is 8.13. The summed E-state index contributed by atoms with van der Waals surface area (Å²) in [7, 11) is 0. The molecular formula is C12H8F2N2O. The second-order valence-electron chi connectivity index (χ2n) is 3.39. The number of pyridine rings is 1. The summed E-state index contributed by atoms with van der Waals surface area (Å²) >= 11 is 0. The van der Waals surface area contributed by atoms with Crippen LogP contribution in [-0.2, 0) is 0 Å². The van der Waals surface area contributed by atoms with Crippen LogP contribution in [0.2, 0.25) is 0 Å². The summed E-state index contributed by atoms with van der Waals surface area (Å²) in [6, 6.07) is 6.60. The molecule has 0 aliphatic heterocycles. The Balaban J connectivity index is 2.68. The summed E-state index contributed by atoms with van der Waals surface area (Å²) in [5.41, 5.74) is 5.59. The predicted octanol–water partition coefficient (Wildman–Crippen LogP) is 2.42. The van der Waals surface area contributed by atoms with E-state index in [-0.39, 0.29) is 22.6 Å². The first-order valence-electron chi connectivity index (χ1n) is 4.79. The zero-order valence-electron chi connectivity index (χ0n) is 8.65. The Kier molecular flexibility index (Phi) is 2.82. The Morgan fingerprint density at radius 3 is 2.59 bits per heavy atom. The number of anilines is 1. The average molecular weight is 234 g/mol. The van der Waals surface area contributed by atoms with Crippen LogP contribution in [0.3, 0.4) is 0 Å². The third-order valence-corrected chi connectivity index (χ3v) is 2.30. The fourth-order valence-electron chi connectivity index (χ4n) is 1.52. The zero-order valence-corrected chi connectivity index (χ0v) is 8.65. The predicted molar refractivity (Wildman–Crippen MR) is 59.4 cm³/mol. The van der Waals surface area contributed by atoms with Crippen LogP contribution in [0.4, 0.5) is 14.6 Å². The van der Waals surface area contributed by atoms with E-state index in [0.717, 1.165) is 6.07 Å². The van der Waals surface area contributed by atoms with Crippen LogP contribution in [0, 0.1) is 11.6 Å². The molecule has 2 N–H and O–H groups in total. The molecule has 1 aromatic carbocycles. The molecule has 3 nitrogen and oxygen atoms in total. The largest absolute Gasteiger partial charge is 0.384 e. The lowest BCUT2D eigenvalue weighted by Crippen LogP contribution is -1.99. The van der Waals surface area contributed by atoms with Gasteiger partial charge in [0.2, 0.25) is 0 Å². The standard InChI is InChI=1S/C12H8F2N2O/c13-9-3-1-2-8(12(9)14)7-4-5-11(15)16-10(7)6-17/h1-6H,(H2,15,16). The van der Waals surface area contributed by atoms with Gasteiger partial charge < -0.3 is 5.73 Å². The Labute approximate surface area is 95.9 Å². The van der Waals surface area contributed by atoms with Crippen molar-refractivity contribution in [3.05, 3.63) is 47.7 Å². The molecule has 1 aromatic heterocycles. The molecule has 0 atom stereocenters. The van der Waals surface area contributed by atoms with Crippen LogP contribution in [0.1, 0.15) is 10.5 Å². The van der Waals surface area contributed by atoms with Crippen LogP contribution < -0.4 is 5.73 Å². The summed E-state index contributed by atoms with van der Waals surface area (Å²) < 4.78 is 26.6. The van der Waals surface area contributed by atoms with Gasteiger partial charge in [0.25, 0.3) is 0 Å². The van der Waals surface area contributed by atoms with Crippen molar-refractivity contribution in [1.29, 1.82) is 0 Å². The molecule has 0 unspecified atom stereocenters. The van der Waals surface area contributed by atoms with Gasteiger partial charge in [0.15, 0.2) is 17.9 Å². The molecule has 2 aromatic rings. The van der Waals surface area contributed by atoms with Gasteiger partial charge in [-0.05, 0) is 18.2 Å². The number of carbonyl (C=O) groups excluding carboxylic acids is 1. The zero-order chi connectivity index (χ0) is 12.4. The van der Waals surface area contributed by atoms with E-state index in [1.807, 2.05) is 0 Å². The monoisotopic (exact) mass is 234 g/mol. The highest BCUT2D eigenvalue weighted by atomic mass is 19.2. The lowest BCUT2D eigenvalue weighted by atomic mass is 10.0. The fourth-order valence-corrected chi connectivity index (χ4v) is 1.52. The van der Waals surface area contributed by atoms with E-state index in [1.54, 1.807) is 0 Å². The highest BCUT2D eigenvalue weighted by Crippen LogP contribution is 2.26. The smallest absolute Gasteiger partial charge is 0.169 e. The van der Waals surface area contributed by atoms with Crippen molar-refractivity contribution >= 4 is 12.1 Å². The molecule has 0 fully saturated rings. The van der Waals surface area contributed by atoms with E-state index >= 15 is 0 Å².